The van der Waals surface area contributed by atoms with Crippen LogP contribution < -0.4 is 10.5 Å². The molecule has 2 aromatic rings. The van der Waals surface area contributed by atoms with Crippen LogP contribution in [0.2, 0.25) is 0 Å². The Kier molecular flexibility index (Phi) is 8.50. The number of nitrogens with zero attached hydrogens (tertiary/aromatic N) is 2. The van der Waals surface area contributed by atoms with Gasteiger partial charge in [-0.2, -0.15) is 8.78 Å². The molecule has 0 bridgehead atoms. The van der Waals surface area contributed by atoms with Gasteiger partial charge in [0, 0.05) is 18.6 Å². The summed E-state index contributed by atoms with van der Waals surface area (Å²) < 4.78 is 43.2. The third-order valence-corrected chi connectivity index (χ3v) is 8.12. The van der Waals surface area contributed by atoms with E-state index in [0.717, 1.165) is 40.8 Å². The standard InChI is InChI=1S/C28H34F2N3O4P/c1-18-6-11-23-24-16-20(17-32-26(24)27(31)33-25(23)14-18)7-8-21-9-10-22(15-19(21)2)37-13-5-3-4-12-28(29,30)38(34,35)36/h6,9-11,14-17,24,26H,3-5,7-8,12-13H2,1-2H3,(H2,31,33)(H2,34,35,36). The van der Waals surface area contributed by atoms with Gasteiger partial charge in [0.25, 0.3) is 0 Å². The predicted octanol–water partition coefficient (Wildman–Crippen LogP) is 6.11. The first-order valence-electron chi connectivity index (χ1n) is 12.8. The second-order valence-electron chi connectivity index (χ2n) is 10.0. The van der Waals surface area contributed by atoms with Gasteiger partial charge >= 0.3 is 13.3 Å². The van der Waals surface area contributed by atoms with Crippen molar-refractivity contribution >= 4 is 25.3 Å². The molecule has 2 aromatic carbocycles. The topological polar surface area (TPSA) is 118 Å². The van der Waals surface area contributed by atoms with E-state index in [9.17, 15) is 13.3 Å². The van der Waals surface area contributed by atoms with Crippen molar-refractivity contribution in [1.29, 1.82) is 0 Å². The maximum Gasteiger partial charge on any atom is 0.394 e. The molecular formula is C28H34F2N3O4P. The summed E-state index contributed by atoms with van der Waals surface area (Å²) in [6.45, 7) is 4.42. The minimum absolute atomic E-state index is 0.0187. The Morgan fingerprint density at radius 2 is 1.87 bits per heavy atom. The third-order valence-electron chi connectivity index (χ3n) is 7.05. The van der Waals surface area contributed by atoms with Gasteiger partial charge in [0.05, 0.1) is 12.3 Å². The molecule has 0 fully saturated rings. The lowest BCUT2D eigenvalue weighted by atomic mass is 9.83. The maximum atomic E-state index is 13.3. The van der Waals surface area contributed by atoms with Crippen molar-refractivity contribution in [2.24, 2.45) is 15.7 Å². The van der Waals surface area contributed by atoms with Crippen LogP contribution in [-0.4, -0.2) is 40.1 Å². The molecule has 7 nitrogen and oxygen atoms in total. The predicted molar refractivity (Wildman–Crippen MR) is 146 cm³/mol. The Morgan fingerprint density at radius 3 is 2.61 bits per heavy atom. The van der Waals surface area contributed by atoms with Crippen LogP contribution in [0.5, 0.6) is 5.75 Å². The molecule has 0 aliphatic carbocycles. The van der Waals surface area contributed by atoms with E-state index in [1.807, 2.05) is 38.3 Å². The zero-order valence-corrected chi connectivity index (χ0v) is 22.5. The minimum atomic E-state index is -5.41. The number of amidine groups is 1. The molecule has 2 atom stereocenters. The normalized spacial score (nSPS) is 18.9. The smallest absolute Gasteiger partial charge is 0.394 e. The quantitative estimate of drug-likeness (QED) is 0.233. The van der Waals surface area contributed by atoms with Gasteiger partial charge in [0.2, 0.25) is 0 Å². The number of unbranched alkanes of at least 4 members (excludes halogenated alkanes) is 2. The van der Waals surface area contributed by atoms with E-state index in [4.69, 9.17) is 25.2 Å². The number of benzene rings is 2. The lowest BCUT2D eigenvalue weighted by Gasteiger charge is -2.30. The fourth-order valence-electron chi connectivity index (χ4n) is 4.81. The van der Waals surface area contributed by atoms with Gasteiger partial charge in [-0.1, -0.05) is 24.3 Å². The van der Waals surface area contributed by atoms with Crippen molar-refractivity contribution in [2.45, 2.75) is 70.0 Å². The monoisotopic (exact) mass is 545 g/mol. The zero-order chi connectivity index (χ0) is 27.5. The number of fused-ring (bicyclic) bond motifs is 3. The fourth-order valence-corrected chi connectivity index (χ4v) is 5.26. The van der Waals surface area contributed by atoms with E-state index in [1.54, 1.807) is 0 Å². The van der Waals surface area contributed by atoms with Crippen LogP contribution in [0.15, 0.2) is 58.0 Å². The summed E-state index contributed by atoms with van der Waals surface area (Å²) >= 11 is 0. The highest BCUT2D eigenvalue weighted by Gasteiger charge is 2.47. The first-order valence-corrected chi connectivity index (χ1v) is 14.4. The van der Waals surface area contributed by atoms with Gasteiger partial charge in [-0.15, -0.1) is 0 Å². The molecular weight excluding hydrogens is 511 g/mol. The zero-order valence-electron chi connectivity index (χ0n) is 21.6. The van der Waals surface area contributed by atoms with Crippen LogP contribution in [0.3, 0.4) is 0 Å². The number of dihydropyridines is 1. The number of rotatable bonds is 11. The molecule has 204 valence electrons. The lowest BCUT2D eigenvalue weighted by Crippen LogP contribution is -2.36. The molecule has 0 amide bonds. The molecule has 4 N–H and O–H groups in total. The summed E-state index contributed by atoms with van der Waals surface area (Å²) in [6, 6.07) is 12.0. The highest BCUT2D eigenvalue weighted by Crippen LogP contribution is 2.55. The molecule has 4 rings (SSSR count). The van der Waals surface area contributed by atoms with Crippen molar-refractivity contribution < 1.29 is 27.9 Å². The summed E-state index contributed by atoms with van der Waals surface area (Å²) in [5.74, 6) is 1.34. The summed E-state index contributed by atoms with van der Waals surface area (Å²) in [6.07, 6.45) is 5.95. The largest absolute Gasteiger partial charge is 0.494 e. The van der Waals surface area contributed by atoms with Gasteiger partial charge in [0.15, 0.2) is 0 Å². The van der Waals surface area contributed by atoms with Crippen LogP contribution in [0.25, 0.3) is 0 Å². The number of nitrogens with two attached hydrogens (primary N) is 1. The molecule has 2 heterocycles. The van der Waals surface area contributed by atoms with Crippen LogP contribution >= 0.6 is 7.60 Å². The van der Waals surface area contributed by atoms with E-state index in [1.165, 1.54) is 5.56 Å². The van der Waals surface area contributed by atoms with Crippen LogP contribution in [-0.2, 0) is 11.0 Å². The van der Waals surface area contributed by atoms with E-state index in [0.29, 0.717) is 31.0 Å². The molecule has 2 aliphatic heterocycles. The average molecular weight is 546 g/mol. The molecule has 2 unspecified atom stereocenters. The molecule has 2 aliphatic rings. The summed E-state index contributed by atoms with van der Waals surface area (Å²) in [4.78, 5) is 26.6. The number of hydrogen-bond donors (Lipinski definition) is 3. The van der Waals surface area contributed by atoms with Crippen molar-refractivity contribution in [1.82, 2.24) is 0 Å². The Morgan fingerprint density at radius 1 is 1.08 bits per heavy atom. The van der Waals surface area contributed by atoms with Crippen molar-refractivity contribution in [3.8, 4) is 5.75 Å². The Labute approximate surface area is 221 Å². The Bertz CT molecular complexity index is 1320. The summed E-state index contributed by atoms with van der Waals surface area (Å²) in [5, 5.41) is 0. The van der Waals surface area contributed by atoms with Gasteiger partial charge < -0.3 is 20.3 Å². The molecule has 10 heteroatoms. The van der Waals surface area contributed by atoms with Crippen LogP contribution in [0, 0.1) is 13.8 Å². The van der Waals surface area contributed by atoms with Crippen molar-refractivity contribution in [3.63, 3.8) is 0 Å². The molecule has 0 spiro atoms. The molecule has 38 heavy (non-hydrogen) atoms. The minimum Gasteiger partial charge on any atom is -0.494 e. The SMILES string of the molecule is Cc1ccc2c(c1)N=C(N)C1N=CC(CCc3ccc(OCCCCCC(F)(F)P(=O)(O)O)cc3C)=CC21. The van der Waals surface area contributed by atoms with E-state index < -0.39 is 19.7 Å². The van der Waals surface area contributed by atoms with Crippen LogP contribution in [0.1, 0.15) is 60.3 Å². The van der Waals surface area contributed by atoms with Gasteiger partial charge in [-0.05, 0) is 92.0 Å². The second kappa shape index (κ2) is 11.5. The van der Waals surface area contributed by atoms with Gasteiger partial charge in [0.1, 0.15) is 17.6 Å². The second-order valence-corrected chi connectivity index (χ2v) is 11.8. The third kappa shape index (κ3) is 6.57. The Hall–Kier alpha value is -2.87. The number of hydrogen-bond acceptors (Lipinski definition) is 5. The van der Waals surface area contributed by atoms with Crippen molar-refractivity contribution in [3.05, 3.63) is 70.3 Å². The van der Waals surface area contributed by atoms with Gasteiger partial charge in [-0.3, -0.25) is 9.56 Å². The number of allylic oxidation sites excluding steroid dienone is 1. The number of alkyl halides is 2. The number of halogens is 2. The average Bonchev–Trinajstić information content (AvgIpc) is 2.84. The van der Waals surface area contributed by atoms with E-state index >= 15 is 0 Å². The number of ether oxygens (including phenoxy) is 1. The van der Waals surface area contributed by atoms with Gasteiger partial charge in [-0.25, -0.2) is 4.99 Å². The van der Waals surface area contributed by atoms with E-state index in [2.05, 4.69) is 29.3 Å². The molecule has 0 saturated carbocycles. The lowest BCUT2D eigenvalue weighted by molar-refractivity contribution is 0.0474. The number of aliphatic imine (C=N–C) groups is 2. The van der Waals surface area contributed by atoms with Crippen LogP contribution in [0.4, 0.5) is 14.5 Å². The number of aryl methyl sites for hydroxylation is 3. The Balaban J connectivity index is 1.27. The highest BCUT2D eigenvalue weighted by molar-refractivity contribution is 7.53. The first-order chi connectivity index (χ1) is 17.9. The van der Waals surface area contributed by atoms with Crippen molar-refractivity contribution in [2.75, 3.05) is 6.61 Å². The fraction of sp³-hybridized carbons (Fsp3) is 0.429. The molecule has 0 aromatic heterocycles. The first kappa shape index (κ1) is 28.1. The highest BCUT2D eigenvalue weighted by atomic mass is 31.2. The van der Waals surface area contributed by atoms with E-state index in [-0.39, 0.29) is 18.4 Å². The molecule has 0 radical (unpaired) electrons. The summed E-state index contributed by atoms with van der Waals surface area (Å²) in [5.41, 5.74) is 8.94. The maximum absolute atomic E-state index is 13.3. The summed E-state index contributed by atoms with van der Waals surface area (Å²) in [7, 11) is -5.41. The molecule has 0 saturated heterocycles.